The van der Waals surface area contributed by atoms with Gasteiger partial charge < -0.3 is 9.47 Å². The minimum atomic E-state index is -1.04. The maximum Gasteiger partial charge on any atom is 0.152 e. The molecule has 0 saturated heterocycles. The number of ketones is 1. The van der Waals surface area contributed by atoms with Crippen LogP contribution in [0, 0.1) is 11.3 Å². The average molecular weight is 327 g/mol. The lowest BCUT2D eigenvalue weighted by molar-refractivity contribution is -0.137. The molecule has 0 aromatic rings. The average Bonchev–Trinajstić information content (AvgIpc) is 2.40. The summed E-state index contributed by atoms with van der Waals surface area (Å²) < 4.78 is 11.7. The molecule has 0 radical (unpaired) electrons. The summed E-state index contributed by atoms with van der Waals surface area (Å²) in [7, 11) is -1.04. The number of hydrogen-bond acceptors (Lipinski definition) is 3. The molecule has 0 N–H and O–H groups in total. The van der Waals surface area contributed by atoms with Crippen LogP contribution in [0.3, 0.4) is 0 Å². The van der Waals surface area contributed by atoms with E-state index in [9.17, 15) is 4.79 Å². The molecule has 1 aliphatic rings. The summed E-state index contributed by atoms with van der Waals surface area (Å²) in [6.07, 6.45) is 7.31. The molecule has 0 aliphatic heterocycles. The van der Waals surface area contributed by atoms with Gasteiger partial charge in [-0.1, -0.05) is 46.0 Å². The molecule has 3 nitrogen and oxygen atoms in total. The van der Waals surface area contributed by atoms with Crippen molar-refractivity contribution in [2.45, 2.75) is 71.8 Å². The highest BCUT2D eigenvalue weighted by molar-refractivity contribution is 6.76. The number of hydrogen-bond donors (Lipinski definition) is 0. The lowest BCUT2D eigenvalue weighted by Crippen LogP contribution is -2.42. The molecule has 128 valence electrons. The van der Waals surface area contributed by atoms with Crippen molar-refractivity contribution in [3.8, 4) is 0 Å². The summed E-state index contributed by atoms with van der Waals surface area (Å²) >= 11 is 0. The first kappa shape index (κ1) is 19.6. The highest BCUT2D eigenvalue weighted by Crippen LogP contribution is 2.43. The molecule has 0 unspecified atom stereocenters. The van der Waals surface area contributed by atoms with Crippen LogP contribution in [-0.2, 0) is 14.3 Å². The molecule has 0 bridgehead atoms. The normalized spacial score (nSPS) is 29.9. The zero-order valence-corrected chi connectivity index (χ0v) is 16.3. The predicted molar refractivity (Wildman–Crippen MR) is 94.8 cm³/mol. The van der Waals surface area contributed by atoms with Crippen molar-refractivity contribution in [2.24, 2.45) is 11.3 Å². The molecule has 4 heteroatoms. The van der Waals surface area contributed by atoms with Gasteiger partial charge >= 0.3 is 0 Å². The Morgan fingerprint density at radius 3 is 2.59 bits per heavy atom. The lowest BCUT2D eigenvalue weighted by atomic mass is 9.66. The minimum absolute atomic E-state index is 0.0773. The summed E-state index contributed by atoms with van der Waals surface area (Å²) in [5, 5.41) is 0. The summed E-state index contributed by atoms with van der Waals surface area (Å²) in [4.78, 5) is 11.3. The Bertz CT molecular complexity index is 386. The molecular weight excluding hydrogens is 292 g/mol. The maximum atomic E-state index is 11.3. The molecule has 0 spiro atoms. The largest absolute Gasteiger partial charge is 0.356 e. The van der Waals surface area contributed by atoms with Gasteiger partial charge in [0.15, 0.2) is 5.78 Å². The standard InChI is InChI=1S/C18H34O3Si/c1-15-8-7-9-17(18(15,3)11-10-16(2)19)21-14-20-12-13-22(4,5)6/h10-11,15,17H,7-9,12-14H2,1-6H3/b11-10+/t15-,17-,18+/m0/s1. The van der Waals surface area contributed by atoms with Crippen LogP contribution in [0.2, 0.25) is 25.7 Å². The fraction of sp³-hybridized carbons (Fsp3) is 0.833. The highest BCUT2D eigenvalue weighted by atomic mass is 28.3. The summed E-state index contributed by atoms with van der Waals surface area (Å²) in [6.45, 7) is 14.3. The van der Waals surface area contributed by atoms with Crippen LogP contribution in [0.1, 0.15) is 40.0 Å². The molecule has 0 amide bonds. The number of ether oxygens (including phenoxy) is 2. The Labute approximate surface area is 137 Å². The number of allylic oxidation sites excluding steroid dienone is 1. The number of carbonyl (C=O) groups is 1. The maximum absolute atomic E-state index is 11.3. The van der Waals surface area contributed by atoms with Gasteiger partial charge in [-0.05, 0) is 37.8 Å². The quantitative estimate of drug-likeness (QED) is 0.282. The number of carbonyl (C=O) groups excluding carboxylic acids is 1. The topological polar surface area (TPSA) is 35.5 Å². The van der Waals surface area contributed by atoms with Gasteiger partial charge in [0.25, 0.3) is 0 Å². The Morgan fingerprint density at radius 1 is 1.32 bits per heavy atom. The van der Waals surface area contributed by atoms with E-state index in [0.29, 0.717) is 12.7 Å². The molecule has 1 saturated carbocycles. The molecule has 1 fully saturated rings. The van der Waals surface area contributed by atoms with Gasteiger partial charge in [0.2, 0.25) is 0 Å². The first-order chi connectivity index (χ1) is 10.1. The number of rotatable bonds is 8. The molecular formula is C18H34O3Si. The van der Waals surface area contributed by atoms with Gasteiger partial charge in [-0.15, -0.1) is 0 Å². The van der Waals surface area contributed by atoms with Gasteiger partial charge in [-0.2, -0.15) is 0 Å². The van der Waals surface area contributed by atoms with E-state index < -0.39 is 8.07 Å². The molecule has 22 heavy (non-hydrogen) atoms. The summed E-state index contributed by atoms with van der Waals surface area (Å²) in [6, 6.07) is 1.17. The van der Waals surface area contributed by atoms with Crippen molar-refractivity contribution in [3.05, 3.63) is 12.2 Å². The Kier molecular flexibility index (Phi) is 7.49. The van der Waals surface area contributed by atoms with Gasteiger partial charge in [0.05, 0.1) is 6.10 Å². The van der Waals surface area contributed by atoms with Crippen LogP contribution < -0.4 is 0 Å². The highest BCUT2D eigenvalue weighted by Gasteiger charge is 2.40. The Hall–Kier alpha value is -0.453. The fourth-order valence-corrected chi connectivity index (χ4v) is 3.70. The lowest BCUT2D eigenvalue weighted by Gasteiger charge is -2.44. The Balaban J connectivity index is 2.53. The van der Waals surface area contributed by atoms with Crippen LogP contribution in [0.25, 0.3) is 0 Å². The second-order valence-corrected chi connectivity index (χ2v) is 13.8. The third-order valence-electron chi connectivity index (χ3n) is 4.89. The van der Waals surface area contributed by atoms with E-state index in [4.69, 9.17) is 9.47 Å². The zero-order chi connectivity index (χ0) is 16.8. The van der Waals surface area contributed by atoms with Crippen molar-refractivity contribution in [2.75, 3.05) is 13.4 Å². The fourth-order valence-electron chi connectivity index (χ4n) is 2.95. The van der Waals surface area contributed by atoms with Crippen LogP contribution in [0.15, 0.2) is 12.2 Å². The van der Waals surface area contributed by atoms with Crippen molar-refractivity contribution in [1.29, 1.82) is 0 Å². The summed E-state index contributed by atoms with van der Waals surface area (Å²) in [5.74, 6) is 0.618. The van der Waals surface area contributed by atoms with Gasteiger partial charge in [-0.3, -0.25) is 4.79 Å². The summed E-state index contributed by atoms with van der Waals surface area (Å²) in [5.41, 5.74) is -0.0773. The Morgan fingerprint density at radius 2 is 2.00 bits per heavy atom. The van der Waals surface area contributed by atoms with E-state index in [2.05, 4.69) is 39.6 Å². The van der Waals surface area contributed by atoms with Crippen molar-refractivity contribution < 1.29 is 14.3 Å². The smallest absolute Gasteiger partial charge is 0.152 e. The van der Waals surface area contributed by atoms with Crippen molar-refractivity contribution in [3.63, 3.8) is 0 Å². The van der Waals surface area contributed by atoms with E-state index in [1.54, 1.807) is 13.0 Å². The minimum Gasteiger partial charge on any atom is -0.356 e. The molecule has 3 atom stereocenters. The third kappa shape index (κ3) is 6.35. The SMILES string of the molecule is CC(=O)/C=C/[C@@]1(C)[C@@H](OCOCC[Si](C)(C)C)CCC[C@@H]1C. The predicted octanol–water partition coefficient (Wildman–Crippen LogP) is 4.66. The van der Waals surface area contributed by atoms with Crippen LogP contribution >= 0.6 is 0 Å². The van der Waals surface area contributed by atoms with Crippen LogP contribution in [-0.4, -0.2) is 33.4 Å². The molecule has 0 aromatic heterocycles. The first-order valence-electron chi connectivity index (χ1n) is 8.54. The first-order valence-corrected chi connectivity index (χ1v) is 12.2. The van der Waals surface area contributed by atoms with E-state index >= 15 is 0 Å². The van der Waals surface area contributed by atoms with Gasteiger partial charge in [0.1, 0.15) is 6.79 Å². The second-order valence-electron chi connectivity index (χ2n) is 8.13. The van der Waals surface area contributed by atoms with E-state index in [0.717, 1.165) is 13.0 Å². The zero-order valence-electron chi connectivity index (χ0n) is 15.3. The van der Waals surface area contributed by atoms with E-state index in [1.807, 2.05) is 0 Å². The molecule has 0 aromatic carbocycles. The van der Waals surface area contributed by atoms with Crippen LogP contribution in [0.4, 0.5) is 0 Å². The van der Waals surface area contributed by atoms with Gasteiger partial charge in [-0.25, -0.2) is 0 Å². The van der Waals surface area contributed by atoms with Crippen molar-refractivity contribution >= 4 is 13.9 Å². The van der Waals surface area contributed by atoms with Gasteiger partial charge in [0, 0.05) is 20.1 Å². The van der Waals surface area contributed by atoms with Crippen molar-refractivity contribution in [1.82, 2.24) is 0 Å². The third-order valence-corrected chi connectivity index (χ3v) is 6.59. The van der Waals surface area contributed by atoms with E-state index in [-0.39, 0.29) is 17.3 Å². The molecule has 1 rings (SSSR count). The molecule has 0 heterocycles. The van der Waals surface area contributed by atoms with Crippen LogP contribution in [0.5, 0.6) is 0 Å². The molecule has 1 aliphatic carbocycles. The second kappa shape index (κ2) is 8.41. The monoisotopic (exact) mass is 326 g/mol. The van der Waals surface area contributed by atoms with E-state index in [1.165, 1.54) is 18.9 Å².